The van der Waals surface area contributed by atoms with Gasteiger partial charge in [-0.1, -0.05) is 77.4 Å². The number of esters is 1. The molecule has 2 N–H and O–H groups in total. The largest absolute Gasteiger partial charge is 0.467 e. The third kappa shape index (κ3) is 11.0. The van der Waals surface area contributed by atoms with E-state index >= 15 is 0 Å². The maximum atomic E-state index is 14.1. The number of hydrogen-bond donors (Lipinski definition) is 2. The highest BCUT2D eigenvalue weighted by Gasteiger charge is 2.43. The lowest BCUT2D eigenvalue weighted by molar-refractivity contribution is -0.148. The lowest BCUT2D eigenvalue weighted by atomic mass is 9.89. The van der Waals surface area contributed by atoms with Gasteiger partial charge in [0.15, 0.2) is 0 Å². The van der Waals surface area contributed by atoms with Crippen LogP contribution in [0.4, 0.5) is 10.2 Å². The van der Waals surface area contributed by atoms with E-state index in [1.807, 2.05) is 58.0 Å². The fourth-order valence-electron chi connectivity index (χ4n) is 7.18. The molecule has 13 heteroatoms. The number of carbonyl (C=O) groups is 4. The summed E-state index contributed by atoms with van der Waals surface area (Å²) in [6.45, 7) is 10.1. The number of anilines is 1. The van der Waals surface area contributed by atoms with Crippen molar-refractivity contribution in [1.29, 1.82) is 0 Å². The average Bonchev–Trinajstić information content (AvgIpc) is 3.62. The number of methoxy groups -OCH3 is 3. The molecule has 3 amide bonds. The Morgan fingerprint density at radius 2 is 1.69 bits per heavy atom. The molecule has 0 radical (unpaired) electrons. The zero-order chi connectivity index (χ0) is 38.5. The van der Waals surface area contributed by atoms with Gasteiger partial charge in [0.05, 0.1) is 43.7 Å². The number of likely N-dealkylation sites (N-methyl/N-ethyl adjacent to an activating group) is 1. The number of hydrogen-bond acceptors (Lipinski definition) is 9. The van der Waals surface area contributed by atoms with Crippen LogP contribution < -0.4 is 10.6 Å². The number of carbonyl (C=O) groups excluding carboxylic acids is 4. The van der Waals surface area contributed by atoms with Gasteiger partial charge in [-0.3, -0.25) is 14.4 Å². The van der Waals surface area contributed by atoms with Gasteiger partial charge >= 0.3 is 5.97 Å². The molecule has 1 unspecified atom stereocenters. The van der Waals surface area contributed by atoms with Gasteiger partial charge in [0.25, 0.3) is 0 Å². The Labute approximate surface area is 308 Å². The first-order chi connectivity index (χ1) is 24.8. The van der Waals surface area contributed by atoms with E-state index in [2.05, 4.69) is 15.6 Å². The van der Waals surface area contributed by atoms with Crippen LogP contribution in [0.1, 0.15) is 65.9 Å². The number of aromatic nitrogens is 1. The van der Waals surface area contributed by atoms with E-state index in [9.17, 15) is 23.6 Å². The Morgan fingerprint density at radius 3 is 2.27 bits per heavy atom. The molecule has 1 saturated heterocycles. The lowest BCUT2D eigenvalue weighted by Gasteiger charge is -2.41. The summed E-state index contributed by atoms with van der Waals surface area (Å²) in [7, 11) is 6.06. The minimum Gasteiger partial charge on any atom is -0.467 e. The zero-order valence-corrected chi connectivity index (χ0v) is 32.1. The van der Waals surface area contributed by atoms with Crippen LogP contribution in [0, 0.1) is 23.7 Å². The van der Waals surface area contributed by atoms with Gasteiger partial charge in [0.1, 0.15) is 17.9 Å². The molecule has 0 spiro atoms. The number of rotatable bonds is 19. The Kier molecular flexibility index (Phi) is 16.5. The molecule has 12 nitrogen and oxygen atoms in total. The summed E-state index contributed by atoms with van der Waals surface area (Å²) < 4.78 is 30.7. The molecular weight excluding hydrogens is 669 g/mol. The maximum Gasteiger partial charge on any atom is 0.328 e. The second kappa shape index (κ2) is 20.2. The minimum absolute atomic E-state index is 0.00333. The van der Waals surface area contributed by atoms with Crippen LogP contribution in [0.15, 0.2) is 48.5 Å². The summed E-state index contributed by atoms with van der Waals surface area (Å²) in [6.07, 6.45) is 1.06. The monoisotopic (exact) mass is 727 g/mol. The molecule has 2 aromatic rings. The smallest absolute Gasteiger partial charge is 0.328 e. The molecule has 52 heavy (non-hydrogen) atoms. The van der Waals surface area contributed by atoms with Crippen LogP contribution in [-0.4, -0.2) is 110 Å². The van der Waals surface area contributed by atoms with Gasteiger partial charge in [0.2, 0.25) is 23.7 Å². The van der Waals surface area contributed by atoms with Crippen molar-refractivity contribution < 1.29 is 37.8 Å². The van der Waals surface area contributed by atoms with E-state index in [0.29, 0.717) is 13.0 Å². The Hall–Kier alpha value is -4.10. The van der Waals surface area contributed by atoms with E-state index in [1.165, 1.54) is 26.4 Å². The number of ether oxygens (including phenoxy) is 3. The molecule has 0 saturated carbocycles. The zero-order valence-electron chi connectivity index (χ0n) is 32.1. The number of benzene rings is 1. The third-order valence-corrected chi connectivity index (χ3v) is 10.3. The molecule has 2 heterocycles. The summed E-state index contributed by atoms with van der Waals surface area (Å²) in [6, 6.07) is 11.3. The van der Waals surface area contributed by atoms with Crippen LogP contribution in [0.25, 0.3) is 0 Å². The minimum atomic E-state index is -0.892. The van der Waals surface area contributed by atoms with Crippen molar-refractivity contribution in [3.63, 3.8) is 0 Å². The Bertz CT molecular complexity index is 1460. The van der Waals surface area contributed by atoms with Gasteiger partial charge in [-0.2, -0.15) is 4.39 Å². The van der Waals surface area contributed by atoms with E-state index < -0.39 is 54.2 Å². The van der Waals surface area contributed by atoms with Crippen LogP contribution in [0.5, 0.6) is 0 Å². The molecule has 1 aromatic carbocycles. The topological polar surface area (TPSA) is 139 Å². The second-order valence-electron chi connectivity index (χ2n) is 14.1. The predicted octanol–water partition coefficient (Wildman–Crippen LogP) is 4.48. The van der Waals surface area contributed by atoms with Crippen molar-refractivity contribution >= 4 is 29.5 Å². The first-order valence-electron chi connectivity index (χ1n) is 18.2. The maximum absolute atomic E-state index is 14.1. The average molecular weight is 728 g/mol. The van der Waals surface area contributed by atoms with Crippen molar-refractivity contribution in [1.82, 2.24) is 20.1 Å². The van der Waals surface area contributed by atoms with Crippen molar-refractivity contribution in [3.05, 3.63) is 60.0 Å². The molecule has 8 atom stereocenters. The molecular formula is C39H58FN5O7. The van der Waals surface area contributed by atoms with Crippen molar-refractivity contribution in [3.8, 4) is 0 Å². The fraction of sp³-hybridized carbons (Fsp3) is 0.615. The summed E-state index contributed by atoms with van der Waals surface area (Å²) in [4.78, 5) is 61.7. The SMILES string of the molecule is CC[C@H](C)[C@@H]([C@@H](CC(=O)N1CCC[C@H]1[C@H](OC)[C@@H](C)C(=O)NC(Cc1ccccc1)C(=O)OC)OC)N(C)C(=O)[C@@H](Nc1cccc(F)n1)C(C)C. The van der Waals surface area contributed by atoms with Crippen LogP contribution in [-0.2, 0) is 39.8 Å². The van der Waals surface area contributed by atoms with Gasteiger partial charge in [-0.05, 0) is 42.4 Å². The summed E-state index contributed by atoms with van der Waals surface area (Å²) in [5.41, 5.74) is 0.872. The van der Waals surface area contributed by atoms with Crippen LogP contribution in [0.3, 0.4) is 0 Å². The lowest BCUT2D eigenvalue weighted by Crippen LogP contribution is -2.56. The molecule has 0 bridgehead atoms. The highest BCUT2D eigenvalue weighted by atomic mass is 19.1. The van der Waals surface area contributed by atoms with E-state index in [-0.39, 0.29) is 48.2 Å². The molecule has 1 aliphatic rings. The summed E-state index contributed by atoms with van der Waals surface area (Å²) in [5, 5.41) is 5.95. The van der Waals surface area contributed by atoms with Crippen LogP contribution in [0.2, 0.25) is 0 Å². The number of likely N-dealkylation sites (tertiary alicyclic amines) is 1. The van der Waals surface area contributed by atoms with Crippen molar-refractivity contribution in [2.75, 3.05) is 40.2 Å². The van der Waals surface area contributed by atoms with Gasteiger partial charge < -0.3 is 34.6 Å². The first-order valence-corrected chi connectivity index (χ1v) is 18.2. The number of nitrogens with zero attached hydrogens (tertiary/aromatic N) is 3. The number of pyridine rings is 1. The normalized spacial score (nSPS) is 18.4. The predicted molar refractivity (Wildman–Crippen MR) is 197 cm³/mol. The van der Waals surface area contributed by atoms with Gasteiger partial charge in [-0.25, -0.2) is 9.78 Å². The summed E-state index contributed by atoms with van der Waals surface area (Å²) >= 11 is 0. The Morgan fingerprint density at radius 1 is 1.00 bits per heavy atom. The quantitative estimate of drug-likeness (QED) is 0.159. The van der Waals surface area contributed by atoms with Crippen LogP contribution >= 0.6 is 0 Å². The Balaban J connectivity index is 1.78. The third-order valence-electron chi connectivity index (χ3n) is 10.3. The molecule has 288 valence electrons. The highest BCUT2D eigenvalue weighted by Crippen LogP contribution is 2.30. The van der Waals surface area contributed by atoms with Crippen molar-refractivity contribution in [2.24, 2.45) is 17.8 Å². The molecule has 3 rings (SSSR count). The van der Waals surface area contributed by atoms with Crippen molar-refractivity contribution in [2.45, 2.75) is 103 Å². The van der Waals surface area contributed by atoms with E-state index in [0.717, 1.165) is 18.4 Å². The van der Waals surface area contributed by atoms with Gasteiger partial charge in [-0.15, -0.1) is 0 Å². The number of halogens is 1. The van der Waals surface area contributed by atoms with E-state index in [4.69, 9.17) is 14.2 Å². The number of amides is 3. The standard InChI is InChI=1S/C39H58FN5O7/c1-10-25(4)35(44(6)38(48)34(24(2)3)43-32-20-14-19-31(40)42-32)30(50-7)23-33(46)45-21-15-18-29(45)36(51-8)26(5)37(47)41-28(39(49)52-9)22-27-16-12-11-13-17-27/h11-14,16-17,19-20,24-26,28-30,34-36H,10,15,18,21-23H2,1-9H3,(H,41,47)(H,42,43)/t25-,26+,28?,29-,30+,34-,35-,36+/m0/s1. The number of nitrogens with one attached hydrogen (secondary N) is 2. The fourth-order valence-corrected chi connectivity index (χ4v) is 7.18. The molecule has 1 aromatic heterocycles. The molecule has 1 aliphatic heterocycles. The molecule has 1 fully saturated rings. The van der Waals surface area contributed by atoms with E-state index in [1.54, 1.807) is 36.9 Å². The highest BCUT2D eigenvalue weighted by molar-refractivity contribution is 5.87. The second-order valence-corrected chi connectivity index (χ2v) is 14.1. The molecule has 0 aliphatic carbocycles. The van der Waals surface area contributed by atoms with Gasteiger partial charge in [0, 0.05) is 34.2 Å². The first kappa shape index (κ1) is 42.3. The summed E-state index contributed by atoms with van der Waals surface area (Å²) in [5.74, 6) is -2.61.